The van der Waals surface area contributed by atoms with Gasteiger partial charge in [0.05, 0.1) is 0 Å². The van der Waals surface area contributed by atoms with Gasteiger partial charge >= 0.3 is 0 Å². The van der Waals surface area contributed by atoms with Gasteiger partial charge in [0.25, 0.3) is 9.04 Å². The smallest absolute Gasteiger partial charge is 0.265 e. The molecule has 39 valence electrons. The van der Waals surface area contributed by atoms with Gasteiger partial charge in [-0.15, -0.1) is 13.2 Å². The minimum atomic E-state index is -0.835. The van der Waals surface area contributed by atoms with E-state index in [4.69, 9.17) is 4.43 Å². The highest BCUT2D eigenvalue weighted by atomic mass is 28.3. The topological polar surface area (TPSA) is 9.23 Å². The molecule has 0 unspecified atom stereocenters. The Bertz CT molecular complexity index is 62.5. The van der Waals surface area contributed by atoms with E-state index < -0.39 is 9.04 Å². The van der Waals surface area contributed by atoms with Gasteiger partial charge in [0.15, 0.2) is 0 Å². The lowest BCUT2D eigenvalue weighted by atomic mass is 11.2. The summed E-state index contributed by atoms with van der Waals surface area (Å²) in [5, 5.41) is 0. The Labute approximate surface area is 46.0 Å². The fourth-order valence-electron chi connectivity index (χ4n) is 0.250. The van der Waals surface area contributed by atoms with Crippen LogP contribution in [0.5, 0.6) is 0 Å². The second-order valence-electron chi connectivity index (χ2n) is 1.01. The average Bonchev–Trinajstić information content (AvgIpc) is 1.72. The Hall–Kier alpha value is -0.343. The first-order chi connectivity index (χ1) is 3.35. The Kier molecular flexibility index (Phi) is 3.65. The quantitative estimate of drug-likeness (QED) is 0.497. The predicted octanol–water partition coefficient (Wildman–Crippen LogP) is 1.07. The Morgan fingerprint density at radius 3 is 1.86 bits per heavy atom. The molecule has 7 heavy (non-hydrogen) atoms. The molecule has 0 aromatic heterocycles. The molecule has 2 heteroatoms. The van der Waals surface area contributed by atoms with Crippen LogP contribution in [0.1, 0.15) is 0 Å². The van der Waals surface area contributed by atoms with Gasteiger partial charge < -0.3 is 4.43 Å². The molecular formula is C5H9OSi. The van der Waals surface area contributed by atoms with E-state index in [1.807, 2.05) is 0 Å². The third kappa shape index (κ3) is 2.36. The summed E-state index contributed by atoms with van der Waals surface area (Å²) in [6.07, 6.45) is 0. The van der Waals surface area contributed by atoms with E-state index in [1.54, 1.807) is 18.5 Å². The van der Waals surface area contributed by atoms with Crippen LogP contribution < -0.4 is 0 Å². The zero-order valence-electron chi connectivity index (χ0n) is 4.48. The summed E-state index contributed by atoms with van der Waals surface area (Å²) in [4.78, 5) is 0. The maximum Gasteiger partial charge on any atom is 0.265 e. The minimum absolute atomic E-state index is 0.835. The van der Waals surface area contributed by atoms with Crippen molar-refractivity contribution in [3.05, 3.63) is 24.6 Å². The molecule has 0 aliphatic heterocycles. The highest BCUT2D eigenvalue weighted by Crippen LogP contribution is 1.82. The highest BCUT2D eigenvalue weighted by Gasteiger charge is 1.94. The summed E-state index contributed by atoms with van der Waals surface area (Å²) in [7, 11) is 0.829. The van der Waals surface area contributed by atoms with Crippen LogP contribution >= 0.6 is 0 Å². The molecule has 0 aliphatic carbocycles. The van der Waals surface area contributed by atoms with Crippen molar-refractivity contribution in [3.8, 4) is 0 Å². The summed E-state index contributed by atoms with van der Waals surface area (Å²) in [5.41, 5.74) is 3.58. The van der Waals surface area contributed by atoms with Crippen LogP contribution in [0.2, 0.25) is 0 Å². The highest BCUT2D eigenvalue weighted by molar-refractivity contribution is 6.62. The molecular weight excluding hydrogens is 104 g/mol. The van der Waals surface area contributed by atoms with Gasteiger partial charge in [-0.05, 0) is 0 Å². The van der Waals surface area contributed by atoms with Gasteiger partial charge in [-0.3, -0.25) is 0 Å². The molecule has 1 nitrogen and oxygen atoms in total. The van der Waals surface area contributed by atoms with Gasteiger partial charge in [-0.2, -0.15) is 0 Å². The van der Waals surface area contributed by atoms with Crippen LogP contribution in [0.4, 0.5) is 0 Å². The van der Waals surface area contributed by atoms with E-state index in [1.165, 1.54) is 0 Å². The fourth-order valence-corrected chi connectivity index (χ4v) is 0.750. The van der Waals surface area contributed by atoms with Gasteiger partial charge in [0, 0.05) is 7.11 Å². The third-order valence-corrected chi connectivity index (χ3v) is 1.91. The lowest BCUT2D eigenvalue weighted by molar-refractivity contribution is 0.437. The van der Waals surface area contributed by atoms with Crippen LogP contribution in [0.3, 0.4) is 0 Å². The van der Waals surface area contributed by atoms with Crippen molar-refractivity contribution >= 4 is 9.04 Å². The van der Waals surface area contributed by atoms with Crippen molar-refractivity contribution in [1.29, 1.82) is 0 Å². The Balaban J connectivity index is 3.36. The summed E-state index contributed by atoms with van der Waals surface area (Å²) in [6, 6.07) is 0. The molecule has 0 heterocycles. The van der Waals surface area contributed by atoms with E-state index in [2.05, 4.69) is 13.2 Å². The maximum atomic E-state index is 4.91. The van der Waals surface area contributed by atoms with Gasteiger partial charge in [0.2, 0.25) is 0 Å². The van der Waals surface area contributed by atoms with Crippen molar-refractivity contribution in [2.75, 3.05) is 7.11 Å². The molecule has 0 saturated heterocycles. The van der Waals surface area contributed by atoms with E-state index in [0.717, 1.165) is 0 Å². The first-order valence-electron chi connectivity index (χ1n) is 2.01. The minimum Gasteiger partial charge on any atom is -0.412 e. The predicted molar refractivity (Wildman–Crippen MR) is 33.2 cm³/mol. The molecule has 0 aliphatic rings. The van der Waals surface area contributed by atoms with E-state index in [9.17, 15) is 0 Å². The van der Waals surface area contributed by atoms with Gasteiger partial charge in [-0.1, -0.05) is 11.4 Å². The zero-order chi connectivity index (χ0) is 5.70. The van der Waals surface area contributed by atoms with Crippen LogP contribution in [0, 0.1) is 0 Å². The first-order valence-corrected chi connectivity index (χ1v) is 3.57. The molecule has 0 N–H and O–H groups in total. The fraction of sp³-hybridized carbons (Fsp3) is 0.200. The lowest BCUT2D eigenvalue weighted by Crippen LogP contribution is -2.07. The molecule has 1 radical (unpaired) electrons. The van der Waals surface area contributed by atoms with Crippen molar-refractivity contribution in [2.45, 2.75) is 0 Å². The SMILES string of the molecule is C=C[Si](C=C)OC. The van der Waals surface area contributed by atoms with Crippen LogP contribution in [-0.2, 0) is 4.43 Å². The number of rotatable bonds is 3. The molecule has 0 fully saturated rings. The number of hydrogen-bond acceptors (Lipinski definition) is 1. The first kappa shape index (κ1) is 6.66. The average molecular weight is 113 g/mol. The molecule has 0 saturated carbocycles. The van der Waals surface area contributed by atoms with Crippen molar-refractivity contribution in [3.63, 3.8) is 0 Å². The maximum absolute atomic E-state index is 4.91. The van der Waals surface area contributed by atoms with Crippen molar-refractivity contribution in [1.82, 2.24) is 0 Å². The summed E-state index contributed by atoms with van der Waals surface area (Å²) < 4.78 is 4.91. The lowest BCUT2D eigenvalue weighted by Gasteiger charge is -1.95. The normalized spacial score (nSPS) is 8.86. The summed E-state index contributed by atoms with van der Waals surface area (Å²) >= 11 is 0. The standard InChI is InChI=1S/C5H9OSi/c1-4-7(5-2)6-3/h4-5H,1-2H2,3H3. The molecule has 0 aromatic carbocycles. The van der Waals surface area contributed by atoms with Crippen LogP contribution in [0.15, 0.2) is 24.6 Å². The van der Waals surface area contributed by atoms with Gasteiger partial charge in [0.1, 0.15) is 0 Å². The van der Waals surface area contributed by atoms with Crippen LogP contribution in [0.25, 0.3) is 0 Å². The molecule has 0 bridgehead atoms. The van der Waals surface area contributed by atoms with Crippen molar-refractivity contribution in [2.24, 2.45) is 0 Å². The van der Waals surface area contributed by atoms with E-state index in [0.29, 0.717) is 0 Å². The van der Waals surface area contributed by atoms with E-state index >= 15 is 0 Å². The van der Waals surface area contributed by atoms with Crippen LogP contribution in [-0.4, -0.2) is 16.2 Å². The third-order valence-electron chi connectivity index (χ3n) is 0.638. The molecule has 0 aromatic rings. The largest absolute Gasteiger partial charge is 0.412 e. The second-order valence-corrected chi connectivity index (χ2v) is 3.04. The van der Waals surface area contributed by atoms with Gasteiger partial charge in [-0.25, -0.2) is 0 Å². The molecule has 0 rings (SSSR count). The second kappa shape index (κ2) is 3.83. The molecule has 0 spiro atoms. The summed E-state index contributed by atoms with van der Waals surface area (Å²) in [5.74, 6) is 0. The Morgan fingerprint density at radius 2 is 1.86 bits per heavy atom. The molecule has 0 amide bonds. The Morgan fingerprint density at radius 1 is 1.43 bits per heavy atom. The summed E-state index contributed by atoms with van der Waals surface area (Å²) in [6.45, 7) is 7.10. The zero-order valence-corrected chi connectivity index (χ0v) is 5.48. The van der Waals surface area contributed by atoms with Crippen molar-refractivity contribution < 1.29 is 4.43 Å². The van der Waals surface area contributed by atoms with E-state index in [-0.39, 0.29) is 0 Å². The monoisotopic (exact) mass is 113 g/mol. The molecule has 0 atom stereocenters. The number of hydrogen-bond donors (Lipinski definition) is 0.